The Balaban J connectivity index is 1.46. The minimum absolute atomic E-state index is 0.167. The fourth-order valence-electron chi connectivity index (χ4n) is 3.76. The van der Waals surface area contributed by atoms with Gasteiger partial charge in [-0.3, -0.25) is 9.59 Å². The summed E-state index contributed by atoms with van der Waals surface area (Å²) in [6, 6.07) is 34.8. The largest absolute Gasteiger partial charge is 0.352 e. The van der Waals surface area contributed by atoms with Gasteiger partial charge in [0, 0.05) is 19.2 Å². The zero-order valence-electron chi connectivity index (χ0n) is 18.6. The Morgan fingerprint density at radius 2 is 1.27 bits per heavy atom. The van der Waals surface area contributed by atoms with E-state index in [-0.39, 0.29) is 11.8 Å². The van der Waals surface area contributed by atoms with Gasteiger partial charge in [0.1, 0.15) is 0 Å². The van der Waals surface area contributed by atoms with Gasteiger partial charge in [-0.15, -0.1) is 0 Å². The molecule has 0 aromatic heterocycles. The summed E-state index contributed by atoms with van der Waals surface area (Å²) in [6.07, 6.45) is 0.747. The predicted molar refractivity (Wildman–Crippen MR) is 134 cm³/mol. The van der Waals surface area contributed by atoms with E-state index in [1.165, 1.54) is 4.90 Å². The molecule has 0 radical (unpaired) electrons. The quantitative estimate of drug-likeness (QED) is 0.411. The van der Waals surface area contributed by atoms with Crippen LogP contribution in [-0.4, -0.2) is 25.4 Å². The van der Waals surface area contributed by atoms with Crippen LogP contribution >= 0.6 is 0 Å². The number of anilines is 1. The summed E-state index contributed by atoms with van der Waals surface area (Å²) < 4.78 is 0. The molecule has 4 aromatic rings. The van der Waals surface area contributed by atoms with Crippen LogP contribution in [0.2, 0.25) is 0 Å². The lowest BCUT2D eigenvalue weighted by Crippen LogP contribution is -2.31. The van der Waals surface area contributed by atoms with Gasteiger partial charge in [0.2, 0.25) is 0 Å². The normalized spacial score (nSPS) is 10.5. The number of carbonyl (C=O) groups excluding carboxylic acids is 2. The Kier molecular flexibility index (Phi) is 6.96. The van der Waals surface area contributed by atoms with Crippen molar-refractivity contribution in [3.05, 3.63) is 126 Å². The maximum Gasteiger partial charge on any atom is 0.258 e. The zero-order valence-corrected chi connectivity index (χ0v) is 18.6. The van der Waals surface area contributed by atoms with E-state index < -0.39 is 0 Å². The van der Waals surface area contributed by atoms with Gasteiger partial charge in [-0.2, -0.15) is 0 Å². The molecular weight excluding hydrogens is 408 g/mol. The molecule has 0 aliphatic heterocycles. The number of hydrogen-bond donors (Lipinski definition) is 1. The molecule has 4 heteroatoms. The predicted octanol–water partition coefficient (Wildman–Crippen LogP) is 5.60. The van der Waals surface area contributed by atoms with Gasteiger partial charge in [0.25, 0.3) is 11.8 Å². The summed E-state index contributed by atoms with van der Waals surface area (Å²) in [5.74, 6) is -0.361. The second-order valence-corrected chi connectivity index (χ2v) is 7.82. The molecule has 0 aliphatic rings. The van der Waals surface area contributed by atoms with Crippen molar-refractivity contribution in [3.63, 3.8) is 0 Å². The molecule has 1 N–H and O–H groups in total. The summed E-state index contributed by atoms with van der Waals surface area (Å²) >= 11 is 0. The molecule has 4 aromatic carbocycles. The number of carbonyl (C=O) groups is 2. The maximum absolute atomic E-state index is 13.2. The average molecular weight is 435 g/mol. The van der Waals surface area contributed by atoms with Gasteiger partial charge < -0.3 is 10.2 Å². The first kappa shape index (κ1) is 22.0. The van der Waals surface area contributed by atoms with E-state index in [2.05, 4.69) is 5.32 Å². The molecule has 33 heavy (non-hydrogen) atoms. The monoisotopic (exact) mass is 434 g/mol. The Bertz CT molecular complexity index is 1220. The first-order valence-electron chi connectivity index (χ1n) is 11.0. The van der Waals surface area contributed by atoms with Crippen LogP contribution in [0.5, 0.6) is 0 Å². The molecule has 0 spiro atoms. The molecule has 0 atom stereocenters. The third-order valence-corrected chi connectivity index (χ3v) is 5.60. The second-order valence-electron chi connectivity index (χ2n) is 7.82. The SMILES string of the molecule is CN(C(=O)c1ccc(-c2ccccc2)cc1)c1ccccc1C(=O)NCCc1ccccc1. The summed E-state index contributed by atoms with van der Waals surface area (Å²) in [5, 5.41) is 2.97. The van der Waals surface area contributed by atoms with E-state index in [1.54, 1.807) is 19.2 Å². The Morgan fingerprint density at radius 1 is 0.697 bits per heavy atom. The highest BCUT2D eigenvalue weighted by atomic mass is 16.2. The number of para-hydroxylation sites is 1. The molecule has 0 fully saturated rings. The van der Waals surface area contributed by atoms with Crippen LogP contribution < -0.4 is 10.2 Å². The zero-order chi connectivity index (χ0) is 23.0. The van der Waals surface area contributed by atoms with Crippen molar-refractivity contribution in [2.75, 3.05) is 18.5 Å². The molecule has 164 valence electrons. The minimum Gasteiger partial charge on any atom is -0.352 e. The Morgan fingerprint density at radius 3 is 1.97 bits per heavy atom. The summed E-state index contributed by atoms with van der Waals surface area (Å²) in [7, 11) is 1.70. The van der Waals surface area contributed by atoms with E-state index in [0.717, 1.165) is 23.1 Å². The molecule has 0 saturated carbocycles. The number of benzene rings is 4. The van der Waals surface area contributed by atoms with Crippen LogP contribution in [0, 0.1) is 0 Å². The van der Waals surface area contributed by atoms with Gasteiger partial charge >= 0.3 is 0 Å². The lowest BCUT2D eigenvalue weighted by molar-refractivity contribution is 0.0954. The lowest BCUT2D eigenvalue weighted by Gasteiger charge is -2.21. The van der Waals surface area contributed by atoms with Gasteiger partial charge in [0.15, 0.2) is 0 Å². The van der Waals surface area contributed by atoms with Gasteiger partial charge in [-0.25, -0.2) is 0 Å². The Labute approximate surface area is 194 Å². The maximum atomic E-state index is 13.2. The van der Waals surface area contributed by atoms with Gasteiger partial charge in [-0.05, 0) is 47.4 Å². The van der Waals surface area contributed by atoms with Crippen LogP contribution in [0.1, 0.15) is 26.3 Å². The summed E-state index contributed by atoms with van der Waals surface area (Å²) in [6.45, 7) is 0.524. The average Bonchev–Trinajstić information content (AvgIpc) is 2.89. The van der Waals surface area contributed by atoms with Crippen LogP contribution in [0.25, 0.3) is 11.1 Å². The lowest BCUT2D eigenvalue weighted by atomic mass is 10.0. The molecule has 0 bridgehead atoms. The first-order valence-corrected chi connectivity index (χ1v) is 11.0. The molecule has 0 saturated heterocycles. The van der Waals surface area contributed by atoms with Crippen molar-refractivity contribution in [3.8, 4) is 11.1 Å². The molecule has 0 heterocycles. The van der Waals surface area contributed by atoms with Crippen molar-refractivity contribution >= 4 is 17.5 Å². The van der Waals surface area contributed by atoms with Crippen LogP contribution in [-0.2, 0) is 6.42 Å². The highest BCUT2D eigenvalue weighted by Crippen LogP contribution is 2.23. The molecule has 0 unspecified atom stereocenters. The standard InChI is InChI=1S/C29H26N2O2/c1-31(29(33)25-18-16-24(17-19-25)23-12-6-3-7-13-23)27-15-9-8-14-26(27)28(32)30-21-20-22-10-4-2-5-11-22/h2-19H,20-21H2,1H3,(H,30,32). The number of hydrogen-bond acceptors (Lipinski definition) is 2. The van der Waals surface area contributed by atoms with Crippen LogP contribution in [0.3, 0.4) is 0 Å². The van der Waals surface area contributed by atoms with Crippen LogP contribution in [0.15, 0.2) is 109 Å². The van der Waals surface area contributed by atoms with E-state index in [4.69, 9.17) is 0 Å². The van der Waals surface area contributed by atoms with Crippen molar-refractivity contribution in [1.29, 1.82) is 0 Å². The fraction of sp³-hybridized carbons (Fsp3) is 0.103. The van der Waals surface area contributed by atoms with Crippen molar-refractivity contribution in [1.82, 2.24) is 5.32 Å². The smallest absolute Gasteiger partial charge is 0.258 e. The number of amides is 2. The highest BCUT2D eigenvalue weighted by Gasteiger charge is 2.19. The minimum atomic E-state index is -0.194. The van der Waals surface area contributed by atoms with Crippen molar-refractivity contribution in [2.45, 2.75) is 6.42 Å². The molecule has 2 amide bonds. The highest BCUT2D eigenvalue weighted by molar-refractivity contribution is 6.10. The Hall–Kier alpha value is -4.18. The van der Waals surface area contributed by atoms with E-state index in [9.17, 15) is 9.59 Å². The number of nitrogens with one attached hydrogen (secondary N) is 1. The molecule has 4 rings (SSSR count). The first-order chi connectivity index (χ1) is 16.1. The second kappa shape index (κ2) is 10.4. The molecular formula is C29H26N2O2. The van der Waals surface area contributed by atoms with E-state index in [0.29, 0.717) is 23.4 Å². The molecule has 4 nitrogen and oxygen atoms in total. The van der Waals surface area contributed by atoms with Gasteiger partial charge in [-0.1, -0.05) is 84.9 Å². The number of nitrogens with zero attached hydrogens (tertiary/aromatic N) is 1. The topological polar surface area (TPSA) is 49.4 Å². The summed E-state index contributed by atoms with van der Waals surface area (Å²) in [5.41, 5.74) is 4.93. The van der Waals surface area contributed by atoms with Crippen LogP contribution in [0.4, 0.5) is 5.69 Å². The number of rotatable bonds is 7. The van der Waals surface area contributed by atoms with Gasteiger partial charge in [0.05, 0.1) is 11.3 Å². The fourth-order valence-corrected chi connectivity index (χ4v) is 3.76. The summed E-state index contributed by atoms with van der Waals surface area (Å²) in [4.78, 5) is 27.6. The third kappa shape index (κ3) is 5.36. The third-order valence-electron chi connectivity index (χ3n) is 5.60. The van der Waals surface area contributed by atoms with Crippen molar-refractivity contribution in [2.24, 2.45) is 0 Å². The van der Waals surface area contributed by atoms with E-state index >= 15 is 0 Å². The molecule has 0 aliphatic carbocycles. The van der Waals surface area contributed by atoms with Crippen molar-refractivity contribution < 1.29 is 9.59 Å². The van der Waals surface area contributed by atoms with E-state index in [1.807, 2.05) is 97.1 Å².